The standard InChI is InChI=1S/C25H29Cl2N5O/c1-16-15-30(10-11-31(16)25(33)23-4-3-9-28-23)20-7-5-18-14-29-32(24(18)13-20)17(2)21-8-6-19(26)12-22(21)27/h5-8,12-14,16-17,23,28H,3-4,9-11,15H2,1-2H3/t16-,17?,23?/m1/s1. The van der Waals surface area contributed by atoms with Crippen LogP contribution in [0.1, 0.15) is 38.3 Å². The van der Waals surface area contributed by atoms with Crippen molar-refractivity contribution in [2.24, 2.45) is 0 Å². The van der Waals surface area contributed by atoms with E-state index in [0.29, 0.717) is 10.0 Å². The molecule has 3 heterocycles. The Morgan fingerprint density at radius 3 is 2.76 bits per heavy atom. The largest absolute Gasteiger partial charge is 0.368 e. The lowest BCUT2D eigenvalue weighted by molar-refractivity contribution is -0.135. The molecular formula is C25H29Cl2N5O. The maximum Gasteiger partial charge on any atom is 0.240 e. The molecule has 3 aromatic rings. The van der Waals surface area contributed by atoms with Gasteiger partial charge in [-0.15, -0.1) is 0 Å². The Balaban J connectivity index is 1.37. The first-order valence-corrected chi connectivity index (χ1v) is 12.4. The summed E-state index contributed by atoms with van der Waals surface area (Å²) >= 11 is 12.6. The van der Waals surface area contributed by atoms with Gasteiger partial charge in [0.15, 0.2) is 0 Å². The van der Waals surface area contributed by atoms with E-state index in [1.54, 1.807) is 6.07 Å². The third-order valence-electron chi connectivity index (χ3n) is 7.00. The van der Waals surface area contributed by atoms with Gasteiger partial charge in [0.25, 0.3) is 0 Å². The van der Waals surface area contributed by atoms with Crippen molar-refractivity contribution in [2.75, 3.05) is 31.1 Å². The van der Waals surface area contributed by atoms with Gasteiger partial charge < -0.3 is 15.1 Å². The minimum absolute atomic E-state index is 0.00844. The van der Waals surface area contributed by atoms with Crippen molar-refractivity contribution in [3.8, 4) is 0 Å². The van der Waals surface area contributed by atoms with Gasteiger partial charge in [-0.2, -0.15) is 5.10 Å². The molecule has 8 heteroatoms. The van der Waals surface area contributed by atoms with Crippen molar-refractivity contribution >= 4 is 45.7 Å². The topological polar surface area (TPSA) is 53.4 Å². The molecule has 2 aromatic carbocycles. The monoisotopic (exact) mass is 485 g/mol. The normalized spacial score (nSPS) is 22.2. The maximum absolute atomic E-state index is 12.9. The van der Waals surface area contributed by atoms with Crippen molar-refractivity contribution in [3.63, 3.8) is 0 Å². The number of piperazine rings is 1. The van der Waals surface area contributed by atoms with Crippen LogP contribution in [-0.4, -0.2) is 58.9 Å². The molecule has 1 N–H and O–H groups in total. The lowest BCUT2D eigenvalue weighted by Crippen LogP contribution is -2.57. The van der Waals surface area contributed by atoms with Gasteiger partial charge in [-0.05, 0) is 69.1 Å². The zero-order chi connectivity index (χ0) is 23.1. The highest BCUT2D eigenvalue weighted by molar-refractivity contribution is 6.35. The number of carbonyl (C=O) groups is 1. The van der Waals surface area contributed by atoms with Crippen LogP contribution < -0.4 is 10.2 Å². The van der Waals surface area contributed by atoms with Gasteiger partial charge in [0.05, 0.1) is 23.8 Å². The van der Waals surface area contributed by atoms with Gasteiger partial charge in [0.1, 0.15) is 0 Å². The summed E-state index contributed by atoms with van der Waals surface area (Å²) in [5.41, 5.74) is 3.20. The van der Waals surface area contributed by atoms with Crippen molar-refractivity contribution < 1.29 is 4.79 Å². The number of rotatable bonds is 4. The summed E-state index contributed by atoms with van der Waals surface area (Å²) in [5.74, 6) is 0.252. The first-order valence-electron chi connectivity index (χ1n) is 11.6. The van der Waals surface area contributed by atoms with Crippen LogP contribution in [0.25, 0.3) is 10.9 Å². The van der Waals surface area contributed by atoms with Crippen LogP contribution in [0.4, 0.5) is 5.69 Å². The van der Waals surface area contributed by atoms with E-state index in [9.17, 15) is 4.79 Å². The lowest BCUT2D eigenvalue weighted by atomic mass is 10.1. The summed E-state index contributed by atoms with van der Waals surface area (Å²) in [6.45, 7) is 7.56. The molecule has 1 amide bonds. The van der Waals surface area contributed by atoms with E-state index in [1.807, 2.05) is 27.9 Å². The molecule has 5 rings (SSSR count). The van der Waals surface area contributed by atoms with Crippen LogP contribution in [0.15, 0.2) is 42.6 Å². The number of benzene rings is 2. The predicted octanol–water partition coefficient (Wildman–Crippen LogP) is 4.74. The molecule has 0 spiro atoms. The molecule has 0 radical (unpaired) electrons. The van der Waals surface area contributed by atoms with Crippen molar-refractivity contribution in [1.82, 2.24) is 20.0 Å². The van der Waals surface area contributed by atoms with E-state index in [4.69, 9.17) is 23.2 Å². The third kappa shape index (κ3) is 4.32. The molecule has 33 heavy (non-hydrogen) atoms. The Kier molecular flexibility index (Phi) is 6.25. The van der Waals surface area contributed by atoms with Crippen LogP contribution in [0.3, 0.4) is 0 Å². The van der Waals surface area contributed by atoms with Crippen LogP contribution in [-0.2, 0) is 4.79 Å². The Labute approximate surface area is 204 Å². The molecule has 2 aliphatic rings. The van der Waals surface area contributed by atoms with Crippen LogP contribution >= 0.6 is 23.2 Å². The zero-order valence-corrected chi connectivity index (χ0v) is 20.5. The molecule has 0 aliphatic carbocycles. The molecule has 0 saturated carbocycles. The number of anilines is 1. The van der Waals surface area contributed by atoms with Crippen LogP contribution in [0, 0.1) is 0 Å². The smallest absolute Gasteiger partial charge is 0.240 e. The zero-order valence-electron chi connectivity index (χ0n) is 19.0. The second kappa shape index (κ2) is 9.16. The fraction of sp³-hybridized carbons (Fsp3) is 0.440. The number of amides is 1. The average Bonchev–Trinajstić information content (AvgIpc) is 3.48. The SMILES string of the molecule is CC(c1ccc(Cl)cc1Cl)n1ncc2ccc(N3CCN(C(=O)C4CCCN4)[C@H](C)C3)cc21. The van der Waals surface area contributed by atoms with Gasteiger partial charge >= 0.3 is 0 Å². The van der Waals surface area contributed by atoms with Gasteiger partial charge in [-0.1, -0.05) is 29.3 Å². The second-order valence-corrected chi connectivity index (χ2v) is 9.99. The fourth-order valence-corrected chi connectivity index (χ4v) is 5.69. The maximum atomic E-state index is 12.9. The highest BCUT2D eigenvalue weighted by atomic mass is 35.5. The summed E-state index contributed by atoms with van der Waals surface area (Å²) in [4.78, 5) is 17.3. The Morgan fingerprint density at radius 2 is 2.03 bits per heavy atom. The Morgan fingerprint density at radius 1 is 1.18 bits per heavy atom. The van der Waals surface area contributed by atoms with Gasteiger partial charge in [-0.3, -0.25) is 9.48 Å². The fourth-order valence-electron chi connectivity index (χ4n) is 5.12. The molecular weight excluding hydrogens is 457 g/mol. The number of fused-ring (bicyclic) bond motifs is 1. The van der Waals surface area contributed by atoms with E-state index >= 15 is 0 Å². The first-order chi connectivity index (χ1) is 15.9. The molecule has 1 aromatic heterocycles. The minimum Gasteiger partial charge on any atom is -0.368 e. The number of halogens is 2. The highest BCUT2D eigenvalue weighted by Gasteiger charge is 2.33. The second-order valence-electron chi connectivity index (χ2n) is 9.15. The Hall–Kier alpha value is -2.28. The summed E-state index contributed by atoms with van der Waals surface area (Å²) in [7, 11) is 0. The van der Waals surface area contributed by atoms with Crippen molar-refractivity contribution in [2.45, 2.75) is 44.8 Å². The summed E-state index contributed by atoms with van der Waals surface area (Å²) < 4.78 is 2.02. The quantitative estimate of drug-likeness (QED) is 0.579. The molecule has 3 atom stereocenters. The van der Waals surface area contributed by atoms with Crippen molar-refractivity contribution in [1.29, 1.82) is 0 Å². The molecule has 2 unspecified atom stereocenters. The third-order valence-corrected chi connectivity index (χ3v) is 7.56. The van der Waals surface area contributed by atoms with Gasteiger partial charge in [0.2, 0.25) is 5.91 Å². The van der Waals surface area contributed by atoms with Gasteiger partial charge in [-0.25, -0.2) is 0 Å². The summed E-state index contributed by atoms with van der Waals surface area (Å²) in [6, 6.07) is 12.2. The van der Waals surface area contributed by atoms with E-state index in [0.717, 1.165) is 61.2 Å². The lowest BCUT2D eigenvalue weighted by Gasteiger charge is -2.42. The average molecular weight is 486 g/mol. The molecule has 174 valence electrons. The number of aromatic nitrogens is 2. The van der Waals surface area contributed by atoms with Gasteiger partial charge in [0, 0.05) is 46.8 Å². The number of nitrogens with one attached hydrogen (secondary N) is 1. The summed E-state index contributed by atoms with van der Waals surface area (Å²) in [6.07, 6.45) is 3.92. The van der Waals surface area contributed by atoms with E-state index < -0.39 is 0 Å². The molecule has 2 fully saturated rings. The first kappa shape index (κ1) is 22.5. The summed E-state index contributed by atoms with van der Waals surface area (Å²) in [5, 5.41) is 10.4. The number of hydrogen-bond donors (Lipinski definition) is 1. The molecule has 6 nitrogen and oxygen atoms in total. The van der Waals surface area contributed by atoms with Crippen molar-refractivity contribution in [3.05, 3.63) is 58.2 Å². The number of carbonyl (C=O) groups excluding carboxylic acids is 1. The predicted molar refractivity (Wildman–Crippen MR) is 134 cm³/mol. The molecule has 2 saturated heterocycles. The molecule has 2 aliphatic heterocycles. The van der Waals surface area contributed by atoms with E-state index in [2.05, 4.69) is 47.4 Å². The van der Waals surface area contributed by atoms with E-state index in [1.165, 1.54) is 0 Å². The van der Waals surface area contributed by atoms with Crippen LogP contribution in [0.2, 0.25) is 10.0 Å². The van der Waals surface area contributed by atoms with E-state index in [-0.39, 0.29) is 24.0 Å². The molecule has 0 bridgehead atoms. The number of hydrogen-bond acceptors (Lipinski definition) is 4. The van der Waals surface area contributed by atoms with Crippen LogP contribution in [0.5, 0.6) is 0 Å². The minimum atomic E-state index is -0.0326. The highest BCUT2D eigenvalue weighted by Crippen LogP contribution is 2.32. The number of nitrogens with zero attached hydrogens (tertiary/aromatic N) is 4. The Bertz CT molecular complexity index is 1170.